The standard InChI is InChI=1S/C13H24N2O4S/c1-13(12(16)17)8-9-15(10-13)20(18,19)14(2)11-6-4-3-5-7-11/h11H,3-10H2,1-2H3,(H,16,17). The van der Waals surface area contributed by atoms with Crippen LogP contribution in [0.15, 0.2) is 0 Å². The summed E-state index contributed by atoms with van der Waals surface area (Å²) in [6.45, 7) is 1.98. The zero-order chi connectivity index (χ0) is 15.0. The first-order valence-corrected chi connectivity index (χ1v) is 8.63. The van der Waals surface area contributed by atoms with Gasteiger partial charge in [-0.2, -0.15) is 17.0 Å². The van der Waals surface area contributed by atoms with Crippen LogP contribution in [0.4, 0.5) is 0 Å². The maximum absolute atomic E-state index is 12.6. The average molecular weight is 304 g/mol. The number of hydrogen-bond acceptors (Lipinski definition) is 3. The van der Waals surface area contributed by atoms with Crippen LogP contribution in [-0.4, -0.2) is 54.3 Å². The van der Waals surface area contributed by atoms with Gasteiger partial charge in [-0.3, -0.25) is 4.79 Å². The van der Waals surface area contributed by atoms with Gasteiger partial charge in [-0.1, -0.05) is 19.3 Å². The predicted octanol–water partition coefficient (Wildman–Crippen LogP) is 1.29. The van der Waals surface area contributed by atoms with Crippen molar-refractivity contribution >= 4 is 16.2 Å². The first kappa shape index (κ1) is 15.7. The predicted molar refractivity (Wildman–Crippen MR) is 75.5 cm³/mol. The highest BCUT2D eigenvalue weighted by Crippen LogP contribution is 2.33. The minimum Gasteiger partial charge on any atom is -0.481 e. The van der Waals surface area contributed by atoms with Gasteiger partial charge >= 0.3 is 5.97 Å². The molecule has 0 radical (unpaired) electrons. The summed E-state index contributed by atoms with van der Waals surface area (Å²) in [5, 5.41) is 9.21. The normalized spacial score (nSPS) is 29.9. The zero-order valence-corrected chi connectivity index (χ0v) is 13.0. The van der Waals surface area contributed by atoms with E-state index in [1.807, 2.05) is 0 Å². The molecule has 20 heavy (non-hydrogen) atoms. The molecular weight excluding hydrogens is 280 g/mol. The molecule has 1 heterocycles. The second-order valence-corrected chi connectivity index (χ2v) is 8.25. The molecular formula is C13H24N2O4S. The lowest BCUT2D eigenvalue weighted by Gasteiger charge is -2.33. The molecule has 0 amide bonds. The van der Waals surface area contributed by atoms with E-state index < -0.39 is 21.6 Å². The third-order valence-corrected chi connectivity index (χ3v) is 6.72. The van der Waals surface area contributed by atoms with Gasteiger partial charge in [0.05, 0.1) is 5.41 Å². The number of aliphatic carboxylic acids is 1. The van der Waals surface area contributed by atoms with Gasteiger partial charge in [0.1, 0.15) is 0 Å². The van der Waals surface area contributed by atoms with Crippen molar-refractivity contribution in [3.63, 3.8) is 0 Å². The Hall–Kier alpha value is -0.660. The van der Waals surface area contributed by atoms with Gasteiger partial charge in [0.25, 0.3) is 10.2 Å². The molecule has 2 fully saturated rings. The van der Waals surface area contributed by atoms with Gasteiger partial charge in [-0.05, 0) is 26.2 Å². The topological polar surface area (TPSA) is 77.9 Å². The van der Waals surface area contributed by atoms with Crippen LogP contribution >= 0.6 is 0 Å². The number of carbonyl (C=O) groups is 1. The van der Waals surface area contributed by atoms with Crippen molar-refractivity contribution in [2.24, 2.45) is 5.41 Å². The average Bonchev–Trinajstić information content (AvgIpc) is 2.84. The van der Waals surface area contributed by atoms with Crippen LogP contribution in [-0.2, 0) is 15.0 Å². The lowest BCUT2D eigenvalue weighted by atomic mass is 9.90. The van der Waals surface area contributed by atoms with E-state index in [0.717, 1.165) is 25.7 Å². The van der Waals surface area contributed by atoms with Crippen molar-refractivity contribution in [1.29, 1.82) is 0 Å². The van der Waals surface area contributed by atoms with Crippen LogP contribution < -0.4 is 0 Å². The second-order valence-electron chi connectivity index (χ2n) is 6.27. The molecule has 1 saturated carbocycles. The summed E-state index contributed by atoms with van der Waals surface area (Å²) in [5.74, 6) is -0.921. The number of hydrogen-bond donors (Lipinski definition) is 1. The third kappa shape index (κ3) is 2.84. The molecule has 0 spiro atoms. The maximum atomic E-state index is 12.6. The summed E-state index contributed by atoms with van der Waals surface area (Å²) < 4.78 is 28.0. The monoisotopic (exact) mass is 304 g/mol. The Bertz CT molecular complexity index is 473. The molecule has 1 N–H and O–H groups in total. The van der Waals surface area contributed by atoms with Crippen molar-refractivity contribution in [1.82, 2.24) is 8.61 Å². The Kier molecular flexibility index (Phi) is 4.41. The van der Waals surface area contributed by atoms with E-state index in [1.165, 1.54) is 15.0 Å². The fourth-order valence-corrected chi connectivity index (χ4v) is 4.83. The highest BCUT2D eigenvalue weighted by molar-refractivity contribution is 7.86. The highest BCUT2D eigenvalue weighted by atomic mass is 32.2. The Morgan fingerprint density at radius 1 is 1.30 bits per heavy atom. The van der Waals surface area contributed by atoms with Gasteiger partial charge in [-0.15, -0.1) is 0 Å². The number of rotatable bonds is 4. The molecule has 2 aliphatic rings. The zero-order valence-electron chi connectivity index (χ0n) is 12.2. The van der Waals surface area contributed by atoms with Gasteiger partial charge in [0.2, 0.25) is 0 Å². The summed E-state index contributed by atoms with van der Waals surface area (Å²) >= 11 is 0. The molecule has 0 bridgehead atoms. The SMILES string of the molecule is CN(C1CCCCC1)S(=O)(=O)N1CCC(C)(C(=O)O)C1. The van der Waals surface area contributed by atoms with Gasteiger partial charge < -0.3 is 5.11 Å². The largest absolute Gasteiger partial charge is 0.481 e. The fourth-order valence-electron chi connectivity index (χ4n) is 3.11. The number of carboxylic acid groups (broad SMARTS) is 1. The van der Waals surface area contributed by atoms with E-state index >= 15 is 0 Å². The van der Waals surface area contributed by atoms with Crippen molar-refractivity contribution in [3.05, 3.63) is 0 Å². The molecule has 0 aromatic rings. The van der Waals surface area contributed by atoms with Crippen molar-refractivity contribution < 1.29 is 18.3 Å². The van der Waals surface area contributed by atoms with Crippen molar-refractivity contribution in [3.8, 4) is 0 Å². The molecule has 0 aromatic heterocycles. The Labute approximate surface area is 120 Å². The van der Waals surface area contributed by atoms with Gasteiger partial charge in [0.15, 0.2) is 0 Å². The van der Waals surface area contributed by atoms with E-state index in [2.05, 4.69) is 0 Å². The quantitative estimate of drug-likeness (QED) is 0.849. The summed E-state index contributed by atoms with van der Waals surface area (Å²) in [6.07, 6.45) is 5.49. The van der Waals surface area contributed by atoms with Crippen molar-refractivity contribution in [2.45, 2.75) is 51.5 Å². The Morgan fingerprint density at radius 3 is 2.40 bits per heavy atom. The van der Waals surface area contributed by atoms with Crippen LogP contribution in [0.2, 0.25) is 0 Å². The molecule has 6 nitrogen and oxygen atoms in total. The molecule has 2 rings (SSSR count). The minimum absolute atomic E-state index is 0.0606. The highest BCUT2D eigenvalue weighted by Gasteiger charge is 2.46. The van der Waals surface area contributed by atoms with Crippen LogP contribution in [0.25, 0.3) is 0 Å². The molecule has 1 aliphatic carbocycles. The summed E-state index contributed by atoms with van der Waals surface area (Å²) in [4.78, 5) is 11.2. The second kappa shape index (κ2) is 5.61. The maximum Gasteiger partial charge on any atom is 0.310 e. The third-order valence-electron chi connectivity index (χ3n) is 4.73. The summed E-state index contributed by atoms with van der Waals surface area (Å²) in [5.41, 5.74) is -0.958. The van der Waals surface area contributed by atoms with E-state index in [4.69, 9.17) is 0 Å². The molecule has 1 aliphatic heterocycles. The van der Waals surface area contributed by atoms with Gasteiger partial charge in [0, 0.05) is 26.2 Å². The van der Waals surface area contributed by atoms with Crippen molar-refractivity contribution in [2.75, 3.05) is 20.1 Å². The molecule has 116 valence electrons. The molecule has 0 aromatic carbocycles. The van der Waals surface area contributed by atoms with Crippen LogP contribution in [0.5, 0.6) is 0 Å². The molecule has 7 heteroatoms. The van der Waals surface area contributed by atoms with E-state index in [9.17, 15) is 18.3 Å². The van der Waals surface area contributed by atoms with Crippen LogP contribution in [0.1, 0.15) is 45.4 Å². The summed E-state index contributed by atoms with van der Waals surface area (Å²) in [6, 6.07) is 0.0606. The lowest BCUT2D eigenvalue weighted by Crippen LogP contribution is -2.47. The lowest BCUT2D eigenvalue weighted by molar-refractivity contribution is -0.146. The van der Waals surface area contributed by atoms with Crippen LogP contribution in [0.3, 0.4) is 0 Å². The van der Waals surface area contributed by atoms with E-state index in [1.54, 1.807) is 14.0 Å². The fraction of sp³-hybridized carbons (Fsp3) is 0.923. The smallest absolute Gasteiger partial charge is 0.310 e. The number of nitrogens with zero attached hydrogens (tertiary/aromatic N) is 2. The first-order valence-electron chi connectivity index (χ1n) is 7.24. The van der Waals surface area contributed by atoms with E-state index in [0.29, 0.717) is 13.0 Å². The van der Waals surface area contributed by atoms with Crippen LogP contribution in [0, 0.1) is 5.41 Å². The first-order chi connectivity index (χ1) is 9.27. The minimum atomic E-state index is -3.54. The Morgan fingerprint density at radius 2 is 1.90 bits per heavy atom. The molecule has 1 saturated heterocycles. The Balaban J connectivity index is 2.09. The molecule has 1 atom stereocenters. The summed E-state index contributed by atoms with van der Waals surface area (Å²) in [7, 11) is -1.91. The van der Waals surface area contributed by atoms with Gasteiger partial charge in [-0.25, -0.2) is 0 Å². The number of carboxylic acids is 1. The van der Waals surface area contributed by atoms with E-state index in [-0.39, 0.29) is 12.6 Å². The molecule has 1 unspecified atom stereocenters.